The van der Waals surface area contributed by atoms with Gasteiger partial charge in [-0.05, 0) is 78.4 Å². The van der Waals surface area contributed by atoms with Crippen molar-refractivity contribution in [3.05, 3.63) is 139 Å². The molecule has 10 rings (SSSR count). The smallest absolute Gasteiger partial charge is 0.249 e. The molecule has 0 spiro atoms. The molecule has 7 heterocycles. The molecular formula is C43H36N4+2. The molecule has 0 fully saturated rings. The minimum Gasteiger partial charge on any atom is -0.293 e. The lowest BCUT2D eigenvalue weighted by Gasteiger charge is -2.29. The minimum absolute atomic E-state index is 0.0202. The van der Waals surface area contributed by atoms with Crippen LogP contribution in [0.5, 0.6) is 0 Å². The number of hydrogen-bond acceptors (Lipinski definition) is 1. The van der Waals surface area contributed by atoms with Crippen LogP contribution in [0.2, 0.25) is 0 Å². The van der Waals surface area contributed by atoms with Crippen LogP contribution in [0.15, 0.2) is 122 Å². The number of rotatable bonds is 0. The molecule has 0 saturated carbocycles. The maximum atomic E-state index is 5.67. The normalized spacial score (nSPS) is 17.6. The summed E-state index contributed by atoms with van der Waals surface area (Å²) in [4.78, 5) is 5.67. The second-order valence-corrected chi connectivity index (χ2v) is 14.5. The van der Waals surface area contributed by atoms with Crippen LogP contribution in [0.25, 0.3) is 66.4 Å². The second kappa shape index (κ2) is 9.36. The van der Waals surface area contributed by atoms with Crippen LogP contribution >= 0.6 is 0 Å². The van der Waals surface area contributed by atoms with E-state index in [9.17, 15) is 0 Å². The summed E-state index contributed by atoms with van der Waals surface area (Å²) in [6.07, 6.45) is 6.27. The van der Waals surface area contributed by atoms with Crippen LogP contribution in [0.3, 0.4) is 0 Å². The van der Waals surface area contributed by atoms with E-state index in [-0.39, 0.29) is 17.4 Å². The van der Waals surface area contributed by atoms with Gasteiger partial charge < -0.3 is 0 Å². The molecule has 47 heavy (non-hydrogen) atoms. The van der Waals surface area contributed by atoms with E-state index in [4.69, 9.17) is 11.6 Å². The summed E-state index contributed by atoms with van der Waals surface area (Å²) in [5.74, 6) is 0.255. The number of hydrogen-bond donors (Lipinski definition) is 0. The molecular weight excluding hydrogens is 573 g/mol. The molecule has 5 aromatic heterocycles. The lowest BCUT2D eigenvalue weighted by molar-refractivity contribution is -0.727. The van der Waals surface area contributed by atoms with Crippen LogP contribution in [0.1, 0.15) is 56.0 Å². The van der Waals surface area contributed by atoms with Gasteiger partial charge in [-0.2, -0.15) is 9.13 Å². The van der Waals surface area contributed by atoms with Crippen LogP contribution in [-0.2, 0) is 11.8 Å². The van der Waals surface area contributed by atoms with Gasteiger partial charge in [0.1, 0.15) is 5.65 Å². The number of aromatic nitrogens is 4. The van der Waals surface area contributed by atoms with Crippen molar-refractivity contribution < 1.29 is 9.13 Å². The van der Waals surface area contributed by atoms with Gasteiger partial charge in [0, 0.05) is 51.4 Å². The van der Waals surface area contributed by atoms with E-state index in [0.717, 1.165) is 35.6 Å². The summed E-state index contributed by atoms with van der Waals surface area (Å²) in [5, 5.41) is 5.09. The van der Waals surface area contributed by atoms with Crippen LogP contribution in [0, 0.1) is 0 Å². The Labute approximate surface area is 274 Å². The van der Waals surface area contributed by atoms with Gasteiger partial charge in [0.05, 0.1) is 28.2 Å². The number of para-hydroxylation sites is 1. The molecule has 0 amide bonds. The lowest BCUT2D eigenvalue weighted by Crippen LogP contribution is -2.53. The Morgan fingerprint density at radius 2 is 1.47 bits per heavy atom. The van der Waals surface area contributed by atoms with E-state index < -0.39 is 0 Å². The van der Waals surface area contributed by atoms with Gasteiger partial charge >= 0.3 is 0 Å². The fraction of sp³-hybridized carbons (Fsp3) is 0.186. The topological polar surface area (TPSA) is 25.1 Å². The maximum absolute atomic E-state index is 5.67. The average molecular weight is 609 g/mol. The van der Waals surface area contributed by atoms with Crippen molar-refractivity contribution in [1.82, 2.24) is 9.38 Å². The maximum Gasteiger partial charge on any atom is 0.249 e. The third-order valence-electron chi connectivity index (χ3n) is 10.9. The van der Waals surface area contributed by atoms with E-state index in [1.54, 1.807) is 0 Å². The highest BCUT2D eigenvalue weighted by Gasteiger charge is 2.46. The Kier molecular flexibility index (Phi) is 5.34. The largest absolute Gasteiger partial charge is 0.293 e. The highest BCUT2D eigenvalue weighted by atomic mass is 15.1. The van der Waals surface area contributed by atoms with Crippen molar-refractivity contribution in [3.8, 4) is 22.5 Å². The molecule has 2 unspecified atom stereocenters. The molecule has 0 radical (unpaired) electrons. The van der Waals surface area contributed by atoms with Gasteiger partial charge in [-0.3, -0.25) is 4.40 Å². The minimum atomic E-state index is 0.0202. The fourth-order valence-electron chi connectivity index (χ4n) is 8.68. The average Bonchev–Trinajstić information content (AvgIpc) is 3.61. The van der Waals surface area contributed by atoms with Crippen molar-refractivity contribution in [2.75, 3.05) is 0 Å². The van der Waals surface area contributed by atoms with Crippen molar-refractivity contribution in [1.29, 1.82) is 0 Å². The third kappa shape index (κ3) is 3.61. The molecule has 2 atom stereocenters. The highest BCUT2D eigenvalue weighted by molar-refractivity contribution is 6.23. The van der Waals surface area contributed by atoms with Crippen molar-refractivity contribution in [3.63, 3.8) is 0 Å². The zero-order valence-corrected chi connectivity index (χ0v) is 27.0. The third-order valence-corrected chi connectivity index (χ3v) is 10.9. The van der Waals surface area contributed by atoms with Crippen LogP contribution in [-0.4, -0.2) is 9.38 Å². The molecule has 0 saturated heterocycles. The fourth-order valence-corrected chi connectivity index (χ4v) is 8.68. The predicted molar refractivity (Wildman–Crippen MR) is 191 cm³/mol. The highest BCUT2D eigenvalue weighted by Crippen LogP contribution is 2.46. The SMILES string of the molecule is C=C1C2C(CCc3nc4c(cc3-c3cccc[n+]31)c1cc(C(C)(C)C)cc3c5ccccc5n4c31)c1ccccc1-c1cccc[n+]12. The number of benzene rings is 3. The van der Waals surface area contributed by atoms with Gasteiger partial charge in [-0.25, -0.2) is 4.98 Å². The quantitative estimate of drug-likeness (QED) is 0.158. The summed E-state index contributed by atoms with van der Waals surface area (Å²) in [6.45, 7) is 11.8. The second-order valence-electron chi connectivity index (χ2n) is 14.5. The van der Waals surface area contributed by atoms with Crippen molar-refractivity contribution in [2.24, 2.45) is 0 Å². The summed E-state index contributed by atoms with van der Waals surface area (Å²) in [7, 11) is 0. The lowest BCUT2D eigenvalue weighted by atomic mass is 9.79. The first-order valence-electron chi connectivity index (χ1n) is 16.8. The number of aryl methyl sites for hydroxylation is 1. The van der Waals surface area contributed by atoms with Gasteiger partial charge in [0.15, 0.2) is 12.4 Å². The molecule has 4 heteroatoms. The molecule has 0 aliphatic carbocycles. The van der Waals surface area contributed by atoms with Crippen LogP contribution in [0.4, 0.5) is 0 Å². The molecule has 0 N–H and O–H groups in total. The van der Waals surface area contributed by atoms with Gasteiger partial charge in [0.2, 0.25) is 23.1 Å². The first kappa shape index (κ1) is 26.8. The Hall–Kier alpha value is -5.35. The standard InChI is InChI=1S/C43H36N4/c1-26-40-31(28-13-5-6-14-29(28)37-16-10-12-22-46(37)40)19-20-36-35(38-17-9-11-21-45(26)38)25-34-33-24-27(43(2,3)4)23-32-30-15-7-8-18-39(30)47(41(32)33)42(34)44-36/h5-18,21-25,31,40H,1,19-20H2,2-4H3/q+2. The van der Waals surface area contributed by atoms with Gasteiger partial charge in [0.25, 0.3) is 0 Å². The van der Waals surface area contributed by atoms with Gasteiger partial charge in [-0.15, -0.1) is 0 Å². The number of nitrogens with zero attached hydrogens (tertiary/aromatic N) is 4. The Morgan fingerprint density at radius 3 is 2.32 bits per heavy atom. The Balaban J connectivity index is 1.29. The first-order chi connectivity index (χ1) is 22.9. The Morgan fingerprint density at radius 1 is 0.745 bits per heavy atom. The summed E-state index contributed by atoms with van der Waals surface area (Å²) >= 11 is 0. The monoisotopic (exact) mass is 608 g/mol. The summed E-state index contributed by atoms with van der Waals surface area (Å²) < 4.78 is 7.21. The molecule has 0 bridgehead atoms. The van der Waals surface area contributed by atoms with E-state index in [0.29, 0.717) is 0 Å². The summed E-state index contributed by atoms with van der Waals surface area (Å²) in [5.41, 5.74) is 13.4. The number of fused-ring (bicyclic) bond motifs is 15. The molecule has 2 aliphatic heterocycles. The first-order valence-corrected chi connectivity index (χ1v) is 16.8. The predicted octanol–water partition coefficient (Wildman–Crippen LogP) is 9.19. The molecule has 3 aromatic carbocycles. The Bertz CT molecular complexity index is 2600. The van der Waals surface area contributed by atoms with Gasteiger partial charge in [-0.1, -0.05) is 57.2 Å². The molecule has 8 aromatic rings. The zero-order chi connectivity index (χ0) is 31.6. The van der Waals surface area contributed by atoms with E-state index >= 15 is 0 Å². The van der Waals surface area contributed by atoms with E-state index in [1.807, 2.05) is 0 Å². The zero-order valence-electron chi connectivity index (χ0n) is 27.0. The van der Waals surface area contributed by atoms with Crippen molar-refractivity contribution >= 4 is 43.9 Å². The summed E-state index contributed by atoms with van der Waals surface area (Å²) in [6, 6.07) is 38.2. The number of allylic oxidation sites excluding steroid dienone is 1. The van der Waals surface area contributed by atoms with Crippen LogP contribution < -0.4 is 9.13 Å². The number of pyridine rings is 3. The van der Waals surface area contributed by atoms with Crippen molar-refractivity contribution in [2.45, 2.75) is 51.0 Å². The van der Waals surface area contributed by atoms with E-state index in [2.05, 4.69) is 150 Å². The molecule has 226 valence electrons. The molecule has 2 aliphatic rings. The molecule has 4 nitrogen and oxygen atoms in total. The van der Waals surface area contributed by atoms with E-state index in [1.165, 1.54) is 60.5 Å².